The van der Waals surface area contributed by atoms with Crippen molar-refractivity contribution < 1.29 is 14.3 Å². The Bertz CT molecular complexity index is 473. The Balaban J connectivity index is 2.83. The Hall–Kier alpha value is -1.55. The van der Waals surface area contributed by atoms with E-state index in [0.717, 1.165) is 29.8 Å². The Morgan fingerprint density at radius 3 is 2.52 bits per heavy atom. The number of carbonyl (C=O) groups is 1. The van der Waals surface area contributed by atoms with E-state index in [1.807, 2.05) is 39.0 Å². The summed E-state index contributed by atoms with van der Waals surface area (Å²) in [7, 11) is 1.64. The maximum Gasteiger partial charge on any atom is 0.256 e. The Morgan fingerprint density at radius 1 is 1.29 bits per heavy atom. The summed E-state index contributed by atoms with van der Waals surface area (Å²) in [6.45, 7) is 8.49. The monoisotopic (exact) mass is 293 g/mol. The number of hydrogen-bond acceptors (Lipinski definition) is 3. The lowest BCUT2D eigenvalue weighted by molar-refractivity contribution is -0.140. The molecule has 0 aromatic heterocycles. The van der Waals surface area contributed by atoms with Crippen LogP contribution in [0.2, 0.25) is 0 Å². The average molecular weight is 293 g/mol. The first-order chi connectivity index (χ1) is 9.96. The number of hydrogen-bond donors (Lipinski definition) is 1. The number of carbonyl (C=O) groups excluding carboxylic acids is 1. The molecule has 4 nitrogen and oxygen atoms in total. The van der Waals surface area contributed by atoms with Gasteiger partial charge in [0.05, 0.1) is 7.11 Å². The molecular weight excluding hydrogens is 266 g/mol. The predicted octanol–water partition coefficient (Wildman–Crippen LogP) is 3.93. The third kappa shape index (κ3) is 4.74. The minimum absolute atomic E-state index is 0.0950. The van der Waals surface area contributed by atoms with Gasteiger partial charge in [0.1, 0.15) is 11.4 Å². The maximum absolute atomic E-state index is 12.5. The van der Waals surface area contributed by atoms with Crippen LogP contribution in [0.15, 0.2) is 18.2 Å². The molecule has 21 heavy (non-hydrogen) atoms. The van der Waals surface area contributed by atoms with Crippen LogP contribution in [0.4, 0.5) is 5.69 Å². The Labute approximate surface area is 127 Å². The topological polar surface area (TPSA) is 47.6 Å². The fourth-order valence-corrected chi connectivity index (χ4v) is 2.28. The van der Waals surface area contributed by atoms with E-state index in [4.69, 9.17) is 9.47 Å². The summed E-state index contributed by atoms with van der Waals surface area (Å²) in [6.07, 6.45) is 2.50. The van der Waals surface area contributed by atoms with Crippen molar-refractivity contribution in [2.75, 3.05) is 19.0 Å². The molecule has 0 aliphatic carbocycles. The van der Waals surface area contributed by atoms with E-state index < -0.39 is 5.60 Å². The normalized spacial score (nSPS) is 13.6. The third-order valence-electron chi connectivity index (χ3n) is 3.48. The molecule has 0 bridgehead atoms. The molecule has 0 aliphatic rings. The summed E-state index contributed by atoms with van der Waals surface area (Å²) in [4.78, 5) is 12.5. The van der Waals surface area contributed by atoms with Crippen LogP contribution in [-0.2, 0) is 9.53 Å². The van der Waals surface area contributed by atoms with Crippen LogP contribution in [0.5, 0.6) is 5.75 Å². The molecule has 0 aliphatic heterocycles. The summed E-state index contributed by atoms with van der Waals surface area (Å²) in [5, 5.41) is 2.95. The molecule has 1 aromatic carbocycles. The van der Waals surface area contributed by atoms with Crippen LogP contribution < -0.4 is 10.1 Å². The summed E-state index contributed by atoms with van der Waals surface area (Å²) >= 11 is 0. The van der Waals surface area contributed by atoms with Crippen LogP contribution in [0, 0.1) is 6.92 Å². The number of rotatable bonds is 8. The SMILES string of the molecule is CCCO[C@](C)(CCC)C(=O)Nc1ccc(OC)c(C)c1. The van der Waals surface area contributed by atoms with Gasteiger partial charge in [0, 0.05) is 12.3 Å². The van der Waals surface area contributed by atoms with Crippen molar-refractivity contribution >= 4 is 11.6 Å². The Morgan fingerprint density at radius 2 is 2.00 bits per heavy atom. The van der Waals surface area contributed by atoms with Gasteiger partial charge >= 0.3 is 0 Å². The van der Waals surface area contributed by atoms with Gasteiger partial charge in [-0.05, 0) is 50.5 Å². The molecule has 0 fully saturated rings. The molecule has 0 radical (unpaired) electrons. The second-order valence-corrected chi connectivity index (χ2v) is 5.47. The highest BCUT2D eigenvalue weighted by Gasteiger charge is 2.33. The highest BCUT2D eigenvalue weighted by atomic mass is 16.5. The quantitative estimate of drug-likeness (QED) is 0.790. The van der Waals surface area contributed by atoms with Gasteiger partial charge in [0.15, 0.2) is 0 Å². The van der Waals surface area contributed by atoms with Gasteiger partial charge in [-0.25, -0.2) is 0 Å². The van der Waals surface area contributed by atoms with Crippen molar-refractivity contribution in [3.63, 3.8) is 0 Å². The zero-order chi connectivity index (χ0) is 15.9. The van der Waals surface area contributed by atoms with Crippen molar-refractivity contribution in [1.29, 1.82) is 0 Å². The predicted molar refractivity (Wildman–Crippen MR) is 85.9 cm³/mol. The minimum Gasteiger partial charge on any atom is -0.496 e. The van der Waals surface area contributed by atoms with E-state index >= 15 is 0 Å². The number of nitrogens with one attached hydrogen (secondary N) is 1. The minimum atomic E-state index is -0.779. The van der Waals surface area contributed by atoms with Gasteiger partial charge in [-0.1, -0.05) is 20.3 Å². The van der Waals surface area contributed by atoms with E-state index in [1.165, 1.54) is 0 Å². The zero-order valence-electron chi connectivity index (χ0n) is 13.8. The van der Waals surface area contributed by atoms with E-state index in [0.29, 0.717) is 13.0 Å². The van der Waals surface area contributed by atoms with Gasteiger partial charge in [-0.2, -0.15) is 0 Å². The molecule has 1 amide bonds. The van der Waals surface area contributed by atoms with Crippen molar-refractivity contribution in [1.82, 2.24) is 0 Å². The average Bonchev–Trinajstić information content (AvgIpc) is 2.45. The molecule has 4 heteroatoms. The highest BCUT2D eigenvalue weighted by Crippen LogP contribution is 2.24. The third-order valence-corrected chi connectivity index (χ3v) is 3.48. The molecule has 0 saturated heterocycles. The first kappa shape index (κ1) is 17.5. The van der Waals surface area contributed by atoms with Gasteiger partial charge < -0.3 is 14.8 Å². The van der Waals surface area contributed by atoms with Crippen molar-refractivity contribution in [2.24, 2.45) is 0 Å². The number of aryl methyl sites for hydroxylation is 1. The van der Waals surface area contributed by atoms with Crippen LogP contribution in [0.3, 0.4) is 0 Å². The largest absolute Gasteiger partial charge is 0.496 e. The molecule has 0 heterocycles. The molecule has 0 unspecified atom stereocenters. The number of benzene rings is 1. The Kier molecular flexibility index (Phi) is 6.69. The highest BCUT2D eigenvalue weighted by molar-refractivity contribution is 5.97. The van der Waals surface area contributed by atoms with Gasteiger partial charge in [-0.3, -0.25) is 4.79 Å². The fraction of sp³-hybridized carbons (Fsp3) is 0.588. The number of anilines is 1. The standard InChI is InChI=1S/C17H27NO3/c1-6-10-17(4,21-11-7-2)16(19)18-14-8-9-15(20-5)13(3)12-14/h8-9,12H,6-7,10-11H2,1-5H3,(H,18,19)/t17-/m1/s1. The lowest BCUT2D eigenvalue weighted by Crippen LogP contribution is -2.43. The first-order valence-corrected chi connectivity index (χ1v) is 7.57. The molecule has 0 spiro atoms. The van der Waals surface area contributed by atoms with Crippen LogP contribution >= 0.6 is 0 Å². The van der Waals surface area contributed by atoms with Crippen molar-refractivity contribution in [2.45, 2.75) is 52.6 Å². The number of ether oxygens (including phenoxy) is 2. The molecule has 118 valence electrons. The first-order valence-electron chi connectivity index (χ1n) is 7.57. The lowest BCUT2D eigenvalue weighted by Gasteiger charge is -2.28. The summed E-state index contributed by atoms with van der Waals surface area (Å²) in [5.41, 5.74) is 0.973. The summed E-state index contributed by atoms with van der Waals surface area (Å²) < 4.78 is 11.0. The molecule has 1 atom stereocenters. The second-order valence-electron chi connectivity index (χ2n) is 5.47. The molecule has 1 rings (SSSR count). The van der Waals surface area contributed by atoms with E-state index in [2.05, 4.69) is 12.2 Å². The summed E-state index contributed by atoms with van der Waals surface area (Å²) in [5.74, 6) is 0.717. The molecule has 0 saturated carbocycles. The van der Waals surface area contributed by atoms with Gasteiger partial charge in [0.2, 0.25) is 0 Å². The molecular formula is C17H27NO3. The van der Waals surface area contributed by atoms with E-state index in [9.17, 15) is 4.79 Å². The molecule has 1 aromatic rings. The van der Waals surface area contributed by atoms with Gasteiger partial charge in [-0.15, -0.1) is 0 Å². The van der Waals surface area contributed by atoms with Crippen LogP contribution in [0.25, 0.3) is 0 Å². The smallest absolute Gasteiger partial charge is 0.256 e. The van der Waals surface area contributed by atoms with Gasteiger partial charge in [0.25, 0.3) is 5.91 Å². The zero-order valence-corrected chi connectivity index (χ0v) is 13.8. The van der Waals surface area contributed by atoms with Crippen molar-refractivity contribution in [3.05, 3.63) is 23.8 Å². The molecule has 1 N–H and O–H groups in total. The van der Waals surface area contributed by atoms with E-state index in [1.54, 1.807) is 7.11 Å². The fourth-order valence-electron chi connectivity index (χ4n) is 2.28. The number of amides is 1. The maximum atomic E-state index is 12.5. The van der Waals surface area contributed by atoms with Crippen LogP contribution in [-0.4, -0.2) is 25.2 Å². The second kappa shape index (κ2) is 8.03. The number of methoxy groups -OCH3 is 1. The van der Waals surface area contributed by atoms with Crippen LogP contribution in [0.1, 0.15) is 45.6 Å². The van der Waals surface area contributed by atoms with Crippen molar-refractivity contribution in [3.8, 4) is 5.75 Å². The van der Waals surface area contributed by atoms with E-state index in [-0.39, 0.29) is 5.91 Å². The summed E-state index contributed by atoms with van der Waals surface area (Å²) in [6, 6.07) is 5.61. The lowest BCUT2D eigenvalue weighted by atomic mass is 9.99.